The van der Waals surface area contributed by atoms with Gasteiger partial charge in [-0.3, -0.25) is 4.90 Å². The molecule has 0 unspecified atom stereocenters. The molecule has 1 aromatic carbocycles. The molecule has 1 fully saturated rings. The lowest BCUT2D eigenvalue weighted by Crippen LogP contribution is -2.37. The SMILES string of the molecule is CCN1CCC[C@H]1CNCc1ccc(-c2ccc(Br)cc2Br)o1. The van der Waals surface area contributed by atoms with Crippen LogP contribution in [0.4, 0.5) is 0 Å². The average molecular weight is 442 g/mol. The number of hydrogen-bond acceptors (Lipinski definition) is 3. The second-order valence-corrected chi connectivity index (χ2v) is 7.72. The zero-order valence-corrected chi connectivity index (χ0v) is 16.5. The number of likely N-dealkylation sites (N-methyl/N-ethyl adjacent to an activating group) is 1. The fourth-order valence-corrected chi connectivity index (χ4v) is 4.45. The Hall–Kier alpha value is -0.620. The number of furan rings is 1. The highest BCUT2D eigenvalue weighted by molar-refractivity contribution is 9.11. The van der Waals surface area contributed by atoms with Gasteiger partial charge in [-0.15, -0.1) is 0 Å². The van der Waals surface area contributed by atoms with Gasteiger partial charge < -0.3 is 9.73 Å². The third-order valence-corrected chi connectivity index (χ3v) is 5.59. The van der Waals surface area contributed by atoms with Crippen LogP contribution in [-0.4, -0.2) is 30.6 Å². The lowest BCUT2D eigenvalue weighted by molar-refractivity contribution is 0.258. The Kier molecular flexibility index (Phi) is 5.96. The zero-order chi connectivity index (χ0) is 16.2. The summed E-state index contributed by atoms with van der Waals surface area (Å²) in [6, 6.07) is 10.9. The van der Waals surface area contributed by atoms with E-state index in [-0.39, 0.29) is 0 Å². The van der Waals surface area contributed by atoms with E-state index >= 15 is 0 Å². The second kappa shape index (κ2) is 7.97. The van der Waals surface area contributed by atoms with Gasteiger partial charge in [0.15, 0.2) is 0 Å². The van der Waals surface area contributed by atoms with Gasteiger partial charge in [-0.25, -0.2) is 0 Å². The number of halogens is 2. The van der Waals surface area contributed by atoms with E-state index in [1.54, 1.807) is 0 Å². The Morgan fingerprint density at radius 3 is 2.91 bits per heavy atom. The van der Waals surface area contributed by atoms with Crippen LogP contribution in [0.25, 0.3) is 11.3 Å². The molecule has 2 aromatic rings. The minimum absolute atomic E-state index is 0.676. The average Bonchev–Trinajstić information content (AvgIpc) is 3.16. The number of nitrogens with one attached hydrogen (secondary N) is 1. The van der Waals surface area contributed by atoms with Crippen molar-refractivity contribution in [1.29, 1.82) is 0 Å². The molecule has 0 spiro atoms. The summed E-state index contributed by atoms with van der Waals surface area (Å²) < 4.78 is 8.07. The maximum absolute atomic E-state index is 5.99. The molecule has 0 bridgehead atoms. The summed E-state index contributed by atoms with van der Waals surface area (Å²) in [6.07, 6.45) is 2.62. The first-order valence-electron chi connectivity index (χ1n) is 8.16. The highest BCUT2D eigenvalue weighted by Crippen LogP contribution is 2.31. The van der Waals surface area contributed by atoms with Crippen LogP contribution in [-0.2, 0) is 6.54 Å². The van der Waals surface area contributed by atoms with Crippen molar-refractivity contribution in [2.24, 2.45) is 0 Å². The van der Waals surface area contributed by atoms with Crippen LogP contribution in [0.1, 0.15) is 25.5 Å². The Morgan fingerprint density at radius 1 is 1.26 bits per heavy atom. The van der Waals surface area contributed by atoms with E-state index in [2.05, 4.69) is 61.1 Å². The minimum Gasteiger partial charge on any atom is -0.460 e. The molecular formula is C18H22Br2N2O. The van der Waals surface area contributed by atoms with Gasteiger partial charge in [0.2, 0.25) is 0 Å². The minimum atomic E-state index is 0.676. The summed E-state index contributed by atoms with van der Waals surface area (Å²) in [7, 11) is 0. The van der Waals surface area contributed by atoms with Crippen LogP contribution in [0.3, 0.4) is 0 Å². The quantitative estimate of drug-likeness (QED) is 0.680. The summed E-state index contributed by atoms with van der Waals surface area (Å²) >= 11 is 7.07. The lowest BCUT2D eigenvalue weighted by Gasteiger charge is -2.22. The first-order valence-corrected chi connectivity index (χ1v) is 9.75. The van der Waals surface area contributed by atoms with Crippen LogP contribution in [0, 0.1) is 0 Å². The fourth-order valence-electron chi connectivity index (χ4n) is 3.21. The van der Waals surface area contributed by atoms with Gasteiger partial charge in [-0.2, -0.15) is 0 Å². The standard InChI is InChI=1S/C18H22Br2N2O/c1-2-22-9-3-4-14(22)11-21-12-15-6-8-18(23-15)16-7-5-13(19)10-17(16)20/h5-8,10,14,21H,2-4,9,11-12H2,1H3/t14-/m0/s1. The number of likely N-dealkylation sites (tertiary alicyclic amines) is 1. The first-order chi connectivity index (χ1) is 11.2. The number of nitrogens with zero attached hydrogens (tertiary/aromatic N) is 1. The van der Waals surface area contributed by atoms with E-state index in [4.69, 9.17) is 4.42 Å². The van der Waals surface area contributed by atoms with Crippen LogP contribution in [0.2, 0.25) is 0 Å². The lowest BCUT2D eigenvalue weighted by atomic mass is 10.2. The Labute approximate surface area is 154 Å². The molecule has 3 nitrogen and oxygen atoms in total. The van der Waals surface area contributed by atoms with Crippen molar-refractivity contribution in [3.63, 3.8) is 0 Å². The third-order valence-electron chi connectivity index (χ3n) is 4.44. The Morgan fingerprint density at radius 2 is 2.13 bits per heavy atom. The van der Waals surface area contributed by atoms with Crippen molar-refractivity contribution in [2.45, 2.75) is 32.4 Å². The molecule has 0 amide bonds. The van der Waals surface area contributed by atoms with E-state index < -0.39 is 0 Å². The molecule has 23 heavy (non-hydrogen) atoms. The molecule has 0 aliphatic carbocycles. The smallest absolute Gasteiger partial charge is 0.135 e. The monoisotopic (exact) mass is 440 g/mol. The summed E-state index contributed by atoms with van der Waals surface area (Å²) in [6.45, 7) is 6.45. The van der Waals surface area contributed by atoms with Crippen molar-refractivity contribution in [3.8, 4) is 11.3 Å². The molecule has 1 saturated heterocycles. The van der Waals surface area contributed by atoms with E-state index in [0.29, 0.717) is 6.04 Å². The van der Waals surface area contributed by atoms with E-state index in [9.17, 15) is 0 Å². The second-order valence-electron chi connectivity index (χ2n) is 5.95. The first kappa shape index (κ1) is 17.2. The maximum atomic E-state index is 5.99. The third kappa shape index (κ3) is 4.27. The molecule has 2 heterocycles. The number of rotatable bonds is 6. The zero-order valence-electron chi connectivity index (χ0n) is 13.3. The molecule has 0 radical (unpaired) electrons. The van der Waals surface area contributed by atoms with Gasteiger partial charge in [0, 0.05) is 27.1 Å². The van der Waals surface area contributed by atoms with Crippen molar-refractivity contribution >= 4 is 31.9 Å². The summed E-state index contributed by atoms with van der Waals surface area (Å²) in [4.78, 5) is 2.56. The van der Waals surface area contributed by atoms with Crippen LogP contribution in [0.15, 0.2) is 43.7 Å². The van der Waals surface area contributed by atoms with Gasteiger partial charge in [-0.1, -0.05) is 22.9 Å². The van der Waals surface area contributed by atoms with Crippen LogP contribution >= 0.6 is 31.9 Å². The molecule has 1 atom stereocenters. The number of hydrogen-bond donors (Lipinski definition) is 1. The van der Waals surface area contributed by atoms with Crippen LogP contribution in [0.5, 0.6) is 0 Å². The van der Waals surface area contributed by atoms with Crippen molar-refractivity contribution < 1.29 is 4.42 Å². The molecule has 124 valence electrons. The van der Waals surface area contributed by atoms with Gasteiger partial charge in [0.25, 0.3) is 0 Å². The molecular weight excluding hydrogens is 420 g/mol. The molecule has 1 N–H and O–H groups in total. The molecule has 3 rings (SSSR count). The predicted molar refractivity (Wildman–Crippen MR) is 102 cm³/mol. The van der Waals surface area contributed by atoms with E-state index in [1.165, 1.54) is 19.4 Å². The molecule has 1 aliphatic rings. The van der Waals surface area contributed by atoms with Crippen molar-refractivity contribution in [2.75, 3.05) is 19.6 Å². The van der Waals surface area contributed by atoms with Crippen LogP contribution < -0.4 is 5.32 Å². The van der Waals surface area contributed by atoms with Gasteiger partial charge in [0.1, 0.15) is 11.5 Å². The molecule has 1 aromatic heterocycles. The van der Waals surface area contributed by atoms with Crippen molar-refractivity contribution in [1.82, 2.24) is 10.2 Å². The summed E-state index contributed by atoms with van der Waals surface area (Å²) in [5, 5.41) is 3.54. The molecule has 0 saturated carbocycles. The van der Waals surface area contributed by atoms with Gasteiger partial charge >= 0.3 is 0 Å². The topological polar surface area (TPSA) is 28.4 Å². The van der Waals surface area contributed by atoms with Gasteiger partial charge in [-0.05, 0) is 72.2 Å². The van der Waals surface area contributed by atoms with E-state index in [0.717, 1.165) is 45.7 Å². The normalized spacial score (nSPS) is 18.7. The number of benzene rings is 1. The molecule has 1 aliphatic heterocycles. The largest absolute Gasteiger partial charge is 0.460 e. The van der Waals surface area contributed by atoms with Crippen molar-refractivity contribution in [3.05, 3.63) is 45.0 Å². The highest BCUT2D eigenvalue weighted by atomic mass is 79.9. The molecule has 5 heteroatoms. The summed E-state index contributed by atoms with van der Waals surface area (Å²) in [5.74, 6) is 1.88. The predicted octanol–water partition coefficient (Wildman–Crippen LogP) is 5.05. The van der Waals surface area contributed by atoms with Gasteiger partial charge in [0.05, 0.1) is 6.54 Å². The van der Waals surface area contributed by atoms with E-state index in [1.807, 2.05) is 18.2 Å². The maximum Gasteiger partial charge on any atom is 0.135 e. The Bertz CT molecular complexity index is 656. The Balaban J connectivity index is 1.57. The highest BCUT2D eigenvalue weighted by Gasteiger charge is 2.22. The summed E-state index contributed by atoms with van der Waals surface area (Å²) in [5.41, 5.74) is 1.08. The fraction of sp³-hybridized carbons (Fsp3) is 0.444.